The summed E-state index contributed by atoms with van der Waals surface area (Å²) >= 11 is 1.80. The highest BCUT2D eigenvalue weighted by Gasteiger charge is 1.96. The molecule has 1 aromatic carbocycles. The van der Waals surface area contributed by atoms with E-state index < -0.39 is 0 Å². The Balaban J connectivity index is 2.23. The van der Waals surface area contributed by atoms with Gasteiger partial charge in [-0.1, -0.05) is 87.7 Å². The molecule has 0 fully saturated rings. The lowest BCUT2D eigenvalue weighted by molar-refractivity contribution is 0.611. The van der Waals surface area contributed by atoms with Crippen molar-refractivity contribution in [1.82, 2.24) is 0 Å². The molecule has 104 valence electrons. The molecule has 1 rings (SSSR count). The maximum atomic E-state index is 3.91. The molecule has 0 amide bonds. The lowest BCUT2D eigenvalue weighted by Gasteiger charge is -2.03. The van der Waals surface area contributed by atoms with Gasteiger partial charge in [0, 0.05) is 9.80 Å². The molecule has 0 unspecified atom stereocenters. The first-order valence-corrected chi connectivity index (χ1v) is 8.24. The lowest BCUT2D eigenvalue weighted by Crippen LogP contribution is -1.79. The minimum atomic E-state index is 1.17. The summed E-state index contributed by atoms with van der Waals surface area (Å²) in [6.07, 6.45) is 13.6. The van der Waals surface area contributed by atoms with Crippen LogP contribution in [0.3, 0.4) is 0 Å². The third kappa shape index (κ3) is 7.94. The van der Waals surface area contributed by atoms with Crippen molar-refractivity contribution in [1.29, 1.82) is 0 Å². The van der Waals surface area contributed by atoms with Crippen LogP contribution in [0.4, 0.5) is 0 Å². The van der Waals surface area contributed by atoms with E-state index in [0.717, 1.165) is 0 Å². The summed E-state index contributed by atoms with van der Waals surface area (Å²) in [5.41, 5.74) is 0. The molecule has 0 bridgehead atoms. The zero-order valence-electron chi connectivity index (χ0n) is 12.1. The van der Waals surface area contributed by atoms with E-state index in [0.29, 0.717) is 0 Å². The van der Waals surface area contributed by atoms with E-state index in [1.54, 1.807) is 11.8 Å². The molecule has 0 spiro atoms. The SMILES string of the molecule is C=C/C(=C\CCCCCCCC)Sc1ccccc1. The van der Waals surface area contributed by atoms with E-state index in [4.69, 9.17) is 0 Å². The second-order valence-corrected chi connectivity index (χ2v) is 5.93. The van der Waals surface area contributed by atoms with Crippen LogP contribution in [-0.2, 0) is 0 Å². The Morgan fingerprint density at radius 3 is 2.42 bits per heavy atom. The molecule has 0 radical (unpaired) electrons. The summed E-state index contributed by atoms with van der Waals surface area (Å²) in [6, 6.07) is 10.5. The Morgan fingerprint density at radius 2 is 1.74 bits per heavy atom. The summed E-state index contributed by atoms with van der Waals surface area (Å²) in [4.78, 5) is 2.57. The molecule has 0 atom stereocenters. The monoisotopic (exact) mass is 274 g/mol. The van der Waals surface area contributed by atoms with Crippen LogP contribution < -0.4 is 0 Å². The van der Waals surface area contributed by atoms with E-state index in [1.165, 1.54) is 54.7 Å². The summed E-state index contributed by atoms with van der Waals surface area (Å²) in [6.45, 7) is 6.17. The first kappa shape index (κ1) is 16.1. The topological polar surface area (TPSA) is 0 Å². The van der Waals surface area contributed by atoms with Crippen molar-refractivity contribution in [3.8, 4) is 0 Å². The van der Waals surface area contributed by atoms with Gasteiger partial charge in [0.05, 0.1) is 0 Å². The molecule has 0 saturated carbocycles. The molecule has 0 nitrogen and oxygen atoms in total. The summed E-state index contributed by atoms with van der Waals surface area (Å²) in [7, 11) is 0. The van der Waals surface area contributed by atoms with Crippen molar-refractivity contribution < 1.29 is 0 Å². The van der Waals surface area contributed by atoms with Gasteiger partial charge >= 0.3 is 0 Å². The Bertz CT molecular complexity index is 365. The number of thioether (sulfide) groups is 1. The van der Waals surface area contributed by atoms with Gasteiger partial charge in [-0.05, 0) is 25.0 Å². The first-order valence-electron chi connectivity index (χ1n) is 7.42. The third-order valence-corrected chi connectivity index (χ3v) is 4.16. The number of benzene rings is 1. The number of hydrogen-bond acceptors (Lipinski definition) is 1. The number of rotatable bonds is 10. The van der Waals surface area contributed by atoms with Gasteiger partial charge in [0.25, 0.3) is 0 Å². The van der Waals surface area contributed by atoms with Gasteiger partial charge in [0.2, 0.25) is 0 Å². The van der Waals surface area contributed by atoms with Crippen LogP contribution in [0, 0.1) is 0 Å². The van der Waals surface area contributed by atoms with Gasteiger partial charge in [-0.25, -0.2) is 0 Å². The van der Waals surface area contributed by atoms with Crippen LogP contribution in [-0.4, -0.2) is 0 Å². The van der Waals surface area contributed by atoms with Crippen LogP contribution >= 0.6 is 11.8 Å². The number of allylic oxidation sites excluding steroid dienone is 2. The predicted molar refractivity (Wildman–Crippen MR) is 88.6 cm³/mol. The third-order valence-electron chi connectivity index (χ3n) is 3.08. The molecule has 0 aliphatic heterocycles. The molecular formula is C18H26S. The molecule has 19 heavy (non-hydrogen) atoms. The van der Waals surface area contributed by atoms with Gasteiger partial charge in [-0.3, -0.25) is 0 Å². The highest BCUT2D eigenvalue weighted by molar-refractivity contribution is 8.03. The standard InChI is InChI=1S/C18H26S/c1-3-5-6-7-8-9-11-14-17(4-2)19-18-15-12-10-13-16-18/h4,10,12-16H,2-3,5-9,11H2,1H3/b17-14+. The summed E-state index contributed by atoms with van der Waals surface area (Å²) < 4.78 is 0. The average molecular weight is 274 g/mol. The van der Waals surface area contributed by atoms with E-state index in [9.17, 15) is 0 Å². The molecule has 1 heteroatoms. The predicted octanol–water partition coefficient (Wildman–Crippen LogP) is 6.60. The van der Waals surface area contributed by atoms with Gasteiger partial charge < -0.3 is 0 Å². The molecule has 0 aliphatic carbocycles. The van der Waals surface area contributed by atoms with Crippen LogP contribution in [0.2, 0.25) is 0 Å². The Labute approximate surface area is 123 Å². The average Bonchev–Trinajstić information content (AvgIpc) is 2.46. The lowest BCUT2D eigenvalue weighted by atomic mass is 10.1. The van der Waals surface area contributed by atoms with Crippen LogP contribution in [0.15, 0.2) is 58.9 Å². The Hall–Kier alpha value is -0.950. The van der Waals surface area contributed by atoms with Crippen molar-refractivity contribution in [2.24, 2.45) is 0 Å². The van der Waals surface area contributed by atoms with Crippen molar-refractivity contribution >= 4 is 11.8 Å². The Kier molecular flexibility index (Phi) is 9.26. The molecule has 0 heterocycles. The van der Waals surface area contributed by atoms with Crippen molar-refractivity contribution in [2.45, 2.75) is 56.8 Å². The molecule has 0 aromatic heterocycles. The first-order chi connectivity index (χ1) is 9.36. The fraction of sp³-hybridized carbons (Fsp3) is 0.444. The number of unbranched alkanes of at least 4 members (excludes halogenated alkanes) is 6. The van der Waals surface area contributed by atoms with E-state index in [1.807, 2.05) is 6.08 Å². The maximum absolute atomic E-state index is 3.91. The minimum absolute atomic E-state index is 1.17. The molecule has 0 aliphatic rings. The van der Waals surface area contributed by atoms with Crippen LogP contribution in [0.1, 0.15) is 51.9 Å². The highest BCUT2D eigenvalue weighted by Crippen LogP contribution is 2.27. The van der Waals surface area contributed by atoms with Gasteiger partial charge in [0.1, 0.15) is 0 Å². The van der Waals surface area contributed by atoms with E-state index >= 15 is 0 Å². The van der Waals surface area contributed by atoms with Crippen molar-refractivity contribution in [2.75, 3.05) is 0 Å². The highest BCUT2D eigenvalue weighted by atomic mass is 32.2. The van der Waals surface area contributed by atoms with Crippen LogP contribution in [0.5, 0.6) is 0 Å². The Morgan fingerprint density at radius 1 is 1.05 bits per heavy atom. The smallest absolute Gasteiger partial charge is 0.0122 e. The molecule has 1 aromatic rings. The number of hydrogen-bond donors (Lipinski definition) is 0. The van der Waals surface area contributed by atoms with Gasteiger partial charge in [-0.15, -0.1) is 0 Å². The van der Waals surface area contributed by atoms with Crippen LogP contribution in [0.25, 0.3) is 0 Å². The van der Waals surface area contributed by atoms with Crippen molar-refractivity contribution in [3.63, 3.8) is 0 Å². The van der Waals surface area contributed by atoms with Crippen molar-refractivity contribution in [3.05, 3.63) is 54.0 Å². The van der Waals surface area contributed by atoms with Gasteiger partial charge in [-0.2, -0.15) is 0 Å². The molecule has 0 N–H and O–H groups in total. The summed E-state index contributed by atoms with van der Waals surface area (Å²) in [5, 5.41) is 0. The quantitative estimate of drug-likeness (QED) is 0.263. The summed E-state index contributed by atoms with van der Waals surface area (Å²) in [5.74, 6) is 0. The fourth-order valence-electron chi connectivity index (χ4n) is 1.96. The second-order valence-electron chi connectivity index (χ2n) is 4.78. The maximum Gasteiger partial charge on any atom is 0.0122 e. The molecule has 0 saturated heterocycles. The fourth-order valence-corrected chi connectivity index (χ4v) is 2.81. The van der Waals surface area contributed by atoms with Gasteiger partial charge in [0.15, 0.2) is 0 Å². The second kappa shape index (κ2) is 10.9. The minimum Gasteiger partial charge on any atom is -0.0980 e. The molecular weight excluding hydrogens is 248 g/mol. The zero-order chi connectivity index (χ0) is 13.8. The van der Waals surface area contributed by atoms with E-state index in [2.05, 4.69) is 49.9 Å². The largest absolute Gasteiger partial charge is 0.0980 e. The van der Waals surface area contributed by atoms with E-state index in [-0.39, 0.29) is 0 Å². The zero-order valence-corrected chi connectivity index (χ0v) is 12.9. The normalized spacial score (nSPS) is 11.5.